The number of carboxylic acid groups (broad SMARTS) is 2. The standard InChI is InChI=1S/C20H24O4S/c1-19(2,3)14-7-4-6-13(12-14)15-8-5-9-20(10-11-25,18(23)24)16(15)17(21)22/h4-9,12,16,25H,10-11H2,1-3H3,(H,21,22)(H,23,24). The van der Waals surface area contributed by atoms with Crippen molar-refractivity contribution >= 4 is 30.1 Å². The SMILES string of the molecule is CC(C)(C)c1cccc(C2=CC=CC(CCS)(C(=O)O)C2C(=O)O)c1. The molecular weight excluding hydrogens is 336 g/mol. The van der Waals surface area contributed by atoms with Gasteiger partial charge >= 0.3 is 11.9 Å². The Morgan fingerprint density at radius 2 is 1.92 bits per heavy atom. The summed E-state index contributed by atoms with van der Waals surface area (Å²) in [6, 6.07) is 7.67. The quantitative estimate of drug-likeness (QED) is 0.693. The Morgan fingerprint density at radius 3 is 2.44 bits per heavy atom. The summed E-state index contributed by atoms with van der Waals surface area (Å²) in [4.78, 5) is 24.1. The highest BCUT2D eigenvalue weighted by atomic mass is 32.1. The lowest BCUT2D eigenvalue weighted by atomic mass is 9.66. The fourth-order valence-corrected chi connectivity index (χ4v) is 3.66. The number of carbonyl (C=O) groups is 2. The molecule has 1 aliphatic carbocycles. The van der Waals surface area contributed by atoms with Gasteiger partial charge in [-0.05, 0) is 34.3 Å². The van der Waals surface area contributed by atoms with Crippen molar-refractivity contribution in [3.8, 4) is 0 Å². The largest absolute Gasteiger partial charge is 0.481 e. The Labute approximate surface area is 153 Å². The van der Waals surface area contributed by atoms with Crippen LogP contribution in [0.4, 0.5) is 0 Å². The predicted octanol–water partition coefficient (Wildman–Crippen LogP) is 4.03. The van der Waals surface area contributed by atoms with Crippen molar-refractivity contribution in [2.24, 2.45) is 11.3 Å². The van der Waals surface area contributed by atoms with Crippen molar-refractivity contribution in [3.63, 3.8) is 0 Å². The lowest BCUT2D eigenvalue weighted by molar-refractivity contribution is -0.156. The summed E-state index contributed by atoms with van der Waals surface area (Å²) in [5.74, 6) is -3.14. The number of carboxylic acids is 2. The zero-order valence-corrected chi connectivity index (χ0v) is 15.6. The molecule has 0 spiro atoms. The van der Waals surface area contributed by atoms with Crippen molar-refractivity contribution in [2.45, 2.75) is 32.6 Å². The molecular formula is C20H24O4S. The maximum atomic E-state index is 12.1. The highest BCUT2D eigenvalue weighted by molar-refractivity contribution is 7.80. The molecule has 0 saturated carbocycles. The molecule has 134 valence electrons. The van der Waals surface area contributed by atoms with Gasteiger partial charge in [0.25, 0.3) is 0 Å². The highest BCUT2D eigenvalue weighted by Crippen LogP contribution is 2.45. The maximum Gasteiger partial charge on any atom is 0.314 e. The number of benzene rings is 1. The second-order valence-corrected chi connectivity index (χ2v) is 7.85. The Hall–Kier alpha value is -2.01. The van der Waals surface area contributed by atoms with Gasteiger partial charge < -0.3 is 10.2 Å². The molecule has 2 unspecified atom stereocenters. The van der Waals surface area contributed by atoms with Crippen LogP contribution in [0.5, 0.6) is 0 Å². The van der Waals surface area contributed by atoms with Gasteiger partial charge in [0.05, 0.1) is 0 Å². The van der Waals surface area contributed by atoms with E-state index in [0.717, 1.165) is 11.1 Å². The van der Waals surface area contributed by atoms with Crippen LogP contribution in [0, 0.1) is 11.3 Å². The molecule has 0 radical (unpaired) electrons. The molecule has 1 aromatic rings. The first-order valence-corrected chi connectivity index (χ1v) is 8.84. The molecule has 4 nitrogen and oxygen atoms in total. The number of aliphatic carboxylic acids is 2. The van der Waals surface area contributed by atoms with Gasteiger partial charge in [0.1, 0.15) is 11.3 Å². The monoisotopic (exact) mass is 360 g/mol. The summed E-state index contributed by atoms with van der Waals surface area (Å²) >= 11 is 4.15. The molecule has 5 heteroatoms. The van der Waals surface area contributed by atoms with Crippen molar-refractivity contribution in [2.75, 3.05) is 5.75 Å². The van der Waals surface area contributed by atoms with Gasteiger partial charge in [0.15, 0.2) is 0 Å². The minimum absolute atomic E-state index is 0.0885. The molecule has 0 saturated heterocycles. The van der Waals surface area contributed by atoms with E-state index in [2.05, 4.69) is 33.4 Å². The lowest BCUT2D eigenvalue weighted by Crippen LogP contribution is -2.43. The summed E-state index contributed by atoms with van der Waals surface area (Å²) in [6.07, 6.45) is 4.99. The van der Waals surface area contributed by atoms with Gasteiger partial charge in [-0.3, -0.25) is 9.59 Å². The van der Waals surface area contributed by atoms with Gasteiger partial charge in [-0.1, -0.05) is 63.3 Å². The van der Waals surface area contributed by atoms with E-state index in [1.54, 1.807) is 12.2 Å². The summed E-state index contributed by atoms with van der Waals surface area (Å²) in [7, 11) is 0. The summed E-state index contributed by atoms with van der Waals surface area (Å²) in [5, 5.41) is 19.7. The van der Waals surface area contributed by atoms with Crippen molar-refractivity contribution in [1.29, 1.82) is 0 Å². The van der Waals surface area contributed by atoms with Crippen LogP contribution in [0.1, 0.15) is 38.3 Å². The van der Waals surface area contributed by atoms with Gasteiger partial charge in [0, 0.05) is 0 Å². The zero-order valence-electron chi connectivity index (χ0n) is 14.7. The molecule has 0 aromatic heterocycles. The normalized spacial score (nSPS) is 23.2. The van der Waals surface area contributed by atoms with Crippen molar-refractivity contribution in [3.05, 3.63) is 53.6 Å². The average Bonchev–Trinajstić information content (AvgIpc) is 2.53. The van der Waals surface area contributed by atoms with Crippen LogP contribution < -0.4 is 0 Å². The second-order valence-electron chi connectivity index (χ2n) is 7.40. The van der Waals surface area contributed by atoms with Gasteiger partial charge in [0.2, 0.25) is 0 Å². The van der Waals surface area contributed by atoms with E-state index in [1.807, 2.05) is 24.3 Å². The van der Waals surface area contributed by atoms with Crippen LogP contribution in [0.15, 0.2) is 42.5 Å². The minimum Gasteiger partial charge on any atom is -0.481 e. The minimum atomic E-state index is -1.49. The third-order valence-corrected chi connectivity index (χ3v) is 4.95. The number of hydrogen-bond donors (Lipinski definition) is 3. The predicted molar refractivity (Wildman–Crippen MR) is 102 cm³/mol. The van der Waals surface area contributed by atoms with Crippen LogP contribution in [0.2, 0.25) is 0 Å². The Morgan fingerprint density at radius 1 is 1.24 bits per heavy atom. The fourth-order valence-electron chi connectivity index (χ4n) is 3.29. The lowest BCUT2D eigenvalue weighted by Gasteiger charge is -2.36. The van der Waals surface area contributed by atoms with Crippen LogP contribution in [0.25, 0.3) is 5.57 Å². The topological polar surface area (TPSA) is 74.6 Å². The Bertz CT molecular complexity index is 742. The summed E-state index contributed by atoms with van der Waals surface area (Å²) in [5.41, 5.74) is 0.753. The van der Waals surface area contributed by atoms with Crippen molar-refractivity contribution < 1.29 is 19.8 Å². The first kappa shape index (κ1) is 19.3. The highest BCUT2D eigenvalue weighted by Gasteiger charge is 2.50. The van der Waals surface area contributed by atoms with Crippen molar-refractivity contribution in [1.82, 2.24) is 0 Å². The van der Waals surface area contributed by atoms with Crippen LogP contribution in [0.3, 0.4) is 0 Å². The van der Waals surface area contributed by atoms with Crippen LogP contribution >= 0.6 is 12.6 Å². The van der Waals surface area contributed by atoms with E-state index in [0.29, 0.717) is 5.57 Å². The van der Waals surface area contributed by atoms with E-state index in [1.165, 1.54) is 6.08 Å². The van der Waals surface area contributed by atoms with E-state index < -0.39 is 23.3 Å². The molecule has 0 amide bonds. The van der Waals surface area contributed by atoms with Crippen LogP contribution in [-0.2, 0) is 15.0 Å². The molecule has 0 bridgehead atoms. The molecule has 2 atom stereocenters. The average molecular weight is 360 g/mol. The maximum absolute atomic E-state index is 12.1. The van der Waals surface area contributed by atoms with Gasteiger partial charge in [-0.15, -0.1) is 0 Å². The number of hydrogen-bond acceptors (Lipinski definition) is 3. The third-order valence-electron chi connectivity index (χ3n) is 4.73. The molecule has 1 aliphatic rings. The van der Waals surface area contributed by atoms with Gasteiger partial charge in [-0.2, -0.15) is 12.6 Å². The number of allylic oxidation sites excluding steroid dienone is 2. The molecule has 0 fully saturated rings. The molecule has 2 N–H and O–H groups in total. The van der Waals surface area contributed by atoms with E-state index in [-0.39, 0.29) is 17.6 Å². The Kier molecular flexibility index (Phi) is 5.47. The zero-order chi connectivity index (χ0) is 18.8. The summed E-state index contributed by atoms with van der Waals surface area (Å²) < 4.78 is 0. The smallest absolute Gasteiger partial charge is 0.314 e. The first-order chi connectivity index (χ1) is 11.6. The Balaban J connectivity index is 2.61. The number of rotatable bonds is 5. The molecule has 2 rings (SSSR count). The van der Waals surface area contributed by atoms with Gasteiger partial charge in [-0.25, -0.2) is 0 Å². The molecule has 0 aliphatic heterocycles. The molecule has 1 aromatic carbocycles. The number of thiol groups is 1. The fraction of sp³-hybridized carbons (Fsp3) is 0.400. The van der Waals surface area contributed by atoms with E-state index in [9.17, 15) is 19.8 Å². The van der Waals surface area contributed by atoms with E-state index >= 15 is 0 Å². The molecule has 0 heterocycles. The van der Waals surface area contributed by atoms with E-state index in [4.69, 9.17) is 0 Å². The van der Waals surface area contributed by atoms with Crippen LogP contribution in [-0.4, -0.2) is 27.9 Å². The third kappa shape index (κ3) is 3.66. The summed E-state index contributed by atoms with van der Waals surface area (Å²) in [6.45, 7) is 6.25. The molecule has 25 heavy (non-hydrogen) atoms. The second kappa shape index (κ2) is 7.08. The first-order valence-electron chi connectivity index (χ1n) is 8.21.